The standard InChI is InChI=1S/C14H25NO4/c1-14(13(16)17,15-11-5-6-11)7-3-8-18-10-12-4-2-9-19-12/h11-12,15H,2-10H2,1H3,(H,16,17). The quantitative estimate of drug-likeness (QED) is 0.623. The Labute approximate surface area is 114 Å². The van der Waals surface area contributed by atoms with Crippen molar-refractivity contribution in [3.63, 3.8) is 0 Å². The van der Waals surface area contributed by atoms with E-state index in [2.05, 4.69) is 5.32 Å². The molecule has 1 saturated heterocycles. The first-order valence-electron chi connectivity index (χ1n) is 7.30. The first-order chi connectivity index (χ1) is 9.10. The summed E-state index contributed by atoms with van der Waals surface area (Å²) in [5.41, 5.74) is -0.811. The van der Waals surface area contributed by atoms with Gasteiger partial charge in [0, 0.05) is 19.3 Å². The van der Waals surface area contributed by atoms with Crippen LogP contribution in [0.4, 0.5) is 0 Å². The number of carboxylic acid groups (broad SMARTS) is 1. The molecule has 5 nitrogen and oxygen atoms in total. The van der Waals surface area contributed by atoms with Crippen molar-refractivity contribution in [2.75, 3.05) is 19.8 Å². The van der Waals surface area contributed by atoms with Gasteiger partial charge in [0.05, 0.1) is 12.7 Å². The van der Waals surface area contributed by atoms with Gasteiger partial charge >= 0.3 is 5.97 Å². The molecular formula is C14H25NO4. The topological polar surface area (TPSA) is 67.8 Å². The molecule has 1 aliphatic carbocycles. The fraction of sp³-hybridized carbons (Fsp3) is 0.929. The Morgan fingerprint density at radius 2 is 2.26 bits per heavy atom. The molecule has 2 atom stereocenters. The highest BCUT2D eigenvalue weighted by atomic mass is 16.5. The van der Waals surface area contributed by atoms with Gasteiger partial charge in [0.25, 0.3) is 0 Å². The highest BCUT2D eigenvalue weighted by Gasteiger charge is 2.37. The summed E-state index contributed by atoms with van der Waals surface area (Å²) >= 11 is 0. The first-order valence-corrected chi connectivity index (χ1v) is 7.30. The predicted molar refractivity (Wildman–Crippen MR) is 71.2 cm³/mol. The van der Waals surface area contributed by atoms with Crippen molar-refractivity contribution in [3.8, 4) is 0 Å². The summed E-state index contributed by atoms with van der Waals surface area (Å²) in [5.74, 6) is -0.765. The lowest BCUT2D eigenvalue weighted by Gasteiger charge is -2.26. The normalized spacial score (nSPS) is 26.3. The number of hydrogen-bond acceptors (Lipinski definition) is 4. The minimum absolute atomic E-state index is 0.246. The highest BCUT2D eigenvalue weighted by molar-refractivity contribution is 5.78. The predicted octanol–water partition coefficient (Wildman–Crippen LogP) is 1.56. The van der Waals surface area contributed by atoms with Gasteiger partial charge in [0.2, 0.25) is 0 Å². The molecular weight excluding hydrogens is 246 g/mol. The van der Waals surface area contributed by atoms with E-state index in [0.29, 0.717) is 25.7 Å². The van der Waals surface area contributed by atoms with E-state index >= 15 is 0 Å². The van der Waals surface area contributed by atoms with Crippen LogP contribution in [0.5, 0.6) is 0 Å². The van der Waals surface area contributed by atoms with Crippen LogP contribution in [0.15, 0.2) is 0 Å². The monoisotopic (exact) mass is 271 g/mol. The molecule has 0 aromatic heterocycles. The average molecular weight is 271 g/mol. The van der Waals surface area contributed by atoms with Gasteiger partial charge < -0.3 is 14.6 Å². The van der Waals surface area contributed by atoms with Crippen molar-refractivity contribution in [2.45, 2.75) is 63.1 Å². The second-order valence-electron chi connectivity index (χ2n) is 5.87. The summed E-state index contributed by atoms with van der Waals surface area (Å²) in [7, 11) is 0. The van der Waals surface area contributed by atoms with Crippen LogP contribution in [-0.2, 0) is 14.3 Å². The molecule has 2 aliphatic rings. The zero-order valence-corrected chi connectivity index (χ0v) is 11.7. The molecule has 110 valence electrons. The van der Waals surface area contributed by atoms with Gasteiger partial charge in [0.1, 0.15) is 5.54 Å². The number of aliphatic carboxylic acids is 1. The summed E-state index contributed by atoms with van der Waals surface area (Å²) < 4.78 is 11.0. The molecule has 5 heteroatoms. The molecule has 0 bridgehead atoms. The maximum atomic E-state index is 11.3. The van der Waals surface area contributed by atoms with Crippen LogP contribution >= 0.6 is 0 Å². The number of carboxylic acids is 1. The molecule has 1 heterocycles. The van der Waals surface area contributed by atoms with Crippen molar-refractivity contribution >= 4 is 5.97 Å². The number of rotatable bonds is 9. The van der Waals surface area contributed by atoms with Gasteiger partial charge in [-0.1, -0.05) is 0 Å². The number of ether oxygens (including phenoxy) is 2. The van der Waals surface area contributed by atoms with E-state index in [1.165, 1.54) is 0 Å². The van der Waals surface area contributed by atoms with Gasteiger partial charge in [-0.15, -0.1) is 0 Å². The lowest BCUT2D eigenvalue weighted by molar-refractivity contribution is -0.144. The largest absolute Gasteiger partial charge is 0.480 e. The maximum Gasteiger partial charge on any atom is 0.323 e. The number of carbonyl (C=O) groups is 1. The Balaban J connectivity index is 1.60. The van der Waals surface area contributed by atoms with Crippen molar-refractivity contribution in [1.29, 1.82) is 0 Å². The van der Waals surface area contributed by atoms with Crippen molar-refractivity contribution in [1.82, 2.24) is 5.32 Å². The molecule has 0 spiro atoms. The molecule has 0 aromatic rings. The summed E-state index contributed by atoms with van der Waals surface area (Å²) in [5, 5.41) is 12.5. The zero-order valence-electron chi connectivity index (χ0n) is 11.7. The summed E-state index contributed by atoms with van der Waals surface area (Å²) in [6.45, 7) is 3.86. The minimum Gasteiger partial charge on any atom is -0.480 e. The second-order valence-corrected chi connectivity index (χ2v) is 5.87. The fourth-order valence-corrected chi connectivity index (χ4v) is 2.44. The Morgan fingerprint density at radius 3 is 2.84 bits per heavy atom. The Bertz CT molecular complexity index is 300. The number of hydrogen-bond donors (Lipinski definition) is 2. The van der Waals surface area contributed by atoms with Gasteiger partial charge in [-0.2, -0.15) is 0 Å². The second kappa shape index (κ2) is 6.68. The van der Waals surface area contributed by atoms with E-state index in [-0.39, 0.29) is 6.10 Å². The SMILES string of the molecule is CC(CCCOCC1CCCO1)(NC1CC1)C(=O)O. The van der Waals surface area contributed by atoms with E-state index in [1.54, 1.807) is 6.92 Å². The molecule has 2 fully saturated rings. The van der Waals surface area contributed by atoms with E-state index in [1.807, 2.05) is 0 Å². The zero-order chi connectivity index (χ0) is 13.7. The summed E-state index contributed by atoms with van der Waals surface area (Å²) in [6, 6.07) is 0.397. The average Bonchev–Trinajstić information content (AvgIpc) is 3.02. The third kappa shape index (κ3) is 4.75. The van der Waals surface area contributed by atoms with Gasteiger partial charge in [-0.05, 0) is 45.4 Å². The van der Waals surface area contributed by atoms with Crippen LogP contribution in [0, 0.1) is 0 Å². The van der Waals surface area contributed by atoms with E-state index < -0.39 is 11.5 Å². The molecule has 0 radical (unpaired) electrons. The van der Waals surface area contributed by atoms with Crippen LogP contribution in [0.2, 0.25) is 0 Å². The van der Waals surface area contributed by atoms with Crippen LogP contribution < -0.4 is 5.32 Å². The molecule has 0 amide bonds. The van der Waals surface area contributed by atoms with Crippen molar-refractivity contribution in [3.05, 3.63) is 0 Å². The van der Waals surface area contributed by atoms with Gasteiger partial charge in [-0.3, -0.25) is 10.1 Å². The van der Waals surface area contributed by atoms with E-state index in [9.17, 15) is 9.90 Å². The lowest BCUT2D eigenvalue weighted by Crippen LogP contribution is -2.50. The Hall–Kier alpha value is -0.650. The molecule has 0 aromatic carbocycles. The molecule has 2 N–H and O–H groups in total. The first kappa shape index (κ1) is 14.8. The lowest BCUT2D eigenvalue weighted by atomic mass is 9.96. The van der Waals surface area contributed by atoms with Crippen molar-refractivity contribution in [2.24, 2.45) is 0 Å². The third-order valence-electron chi connectivity index (χ3n) is 3.87. The molecule has 19 heavy (non-hydrogen) atoms. The van der Waals surface area contributed by atoms with E-state index in [4.69, 9.17) is 9.47 Å². The molecule has 1 saturated carbocycles. The minimum atomic E-state index is -0.811. The summed E-state index contributed by atoms with van der Waals surface area (Å²) in [6.07, 6.45) is 6.00. The van der Waals surface area contributed by atoms with Crippen LogP contribution in [0.3, 0.4) is 0 Å². The van der Waals surface area contributed by atoms with E-state index in [0.717, 1.165) is 38.7 Å². The smallest absolute Gasteiger partial charge is 0.323 e. The fourth-order valence-electron chi connectivity index (χ4n) is 2.44. The summed E-state index contributed by atoms with van der Waals surface area (Å²) in [4.78, 5) is 11.3. The van der Waals surface area contributed by atoms with Crippen LogP contribution in [-0.4, -0.2) is 48.6 Å². The Kier molecular flexibility index (Phi) is 5.19. The van der Waals surface area contributed by atoms with Crippen LogP contribution in [0.25, 0.3) is 0 Å². The maximum absolute atomic E-state index is 11.3. The number of nitrogens with one attached hydrogen (secondary N) is 1. The van der Waals surface area contributed by atoms with Crippen LogP contribution in [0.1, 0.15) is 45.4 Å². The molecule has 2 rings (SSSR count). The van der Waals surface area contributed by atoms with Gasteiger partial charge in [-0.25, -0.2) is 0 Å². The van der Waals surface area contributed by atoms with Crippen molar-refractivity contribution < 1.29 is 19.4 Å². The molecule has 1 aliphatic heterocycles. The third-order valence-corrected chi connectivity index (χ3v) is 3.87. The molecule has 2 unspecified atom stereocenters. The Morgan fingerprint density at radius 1 is 1.47 bits per heavy atom. The van der Waals surface area contributed by atoms with Gasteiger partial charge in [0.15, 0.2) is 0 Å². The highest BCUT2D eigenvalue weighted by Crippen LogP contribution is 2.25.